The maximum atomic E-state index is 11.8. The molecule has 0 aliphatic heterocycles. The Hall–Kier alpha value is -3.39. The van der Waals surface area contributed by atoms with Crippen LogP contribution in [-0.2, 0) is 9.47 Å². The van der Waals surface area contributed by atoms with E-state index in [1.54, 1.807) is 0 Å². The van der Waals surface area contributed by atoms with Gasteiger partial charge in [-0.05, 0) is 42.0 Å². The number of carboxylic acids is 1. The van der Waals surface area contributed by atoms with Crippen molar-refractivity contribution >= 4 is 17.9 Å². The van der Waals surface area contributed by atoms with Crippen LogP contribution in [0.1, 0.15) is 37.5 Å². The Bertz CT molecular complexity index is 795. The van der Waals surface area contributed by atoms with Crippen LogP contribution in [0.25, 0.3) is 0 Å². The van der Waals surface area contributed by atoms with E-state index in [1.165, 1.54) is 48.5 Å². The zero-order valence-electron chi connectivity index (χ0n) is 14.2. The zero-order valence-corrected chi connectivity index (χ0v) is 14.2. The summed E-state index contributed by atoms with van der Waals surface area (Å²) in [6.07, 6.45) is -0.982. The van der Waals surface area contributed by atoms with E-state index in [2.05, 4.69) is 0 Å². The minimum Gasteiger partial charge on any atom is -0.545 e. The van der Waals surface area contributed by atoms with Gasteiger partial charge in [-0.15, -0.1) is 0 Å². The first-order chi connectivity index (χ1) is 12.9. The second kappa shape index (κ2) is 9.35. The van der Waals surface area contributed by atoms with Crippen molar-refractivity contribution in [1.82, 2.24) is 0 Å². The molecule has 0 spiro atoms. The van der Waals surface area contributed by atoms with Crippen LogP contribution in [0.2, 0.25) is 0 Å². The summed E-state index contributed by atoms with van der Waals surface area (Å²) in [4.78, 5) is 34.2. The first kappa shape index (κ1) is 19.9. The molecule has 0 heterocycles. The molecule has 8 heteroatoms. The number of hydrogen-bond donors (Lipinski definition) is 2. The fraction of sp³-hybridized carbons (Fsp3) is 0.211. The number of carboxylic acid groups (broad SMARTS) is 1. The van der Waals surface area contributed by atoms with E-state index in [4.69, 9.17) is 14.6 Å². The molecule has 1 atom stereocenters. The number of aromatic hydroxyl groups is 1. The number of phenolic OH excluding ortho intramolecular Hbond substituents is 1. The molecule has 8 nitrogen and oxygen atoms in total. The van der Waals surface area contributed by atoms with Crippen LogP contribution in [0.15, 0.2) is 48.5 Å². The summed E-state index contributed by atoms with van der Waals surface area (Å²) in [7, 11) is 0. The Balaban J connectivity index is 1.71. The first-order valence-electron chi connectivity index (χ1n) is 7.99. The number of esters is 2. The average Bonchev–Trinajstić information content (AvgIpc) is 2.66. The zero-order chi connectivity index (χ0) is 19.8. The highest BCUT2D eigenvalue weighted by molar-refractivity contribution is 5.92. The van der Waals surface area contributed by atoms with Crippen LogP contribution in [0, 0.1) is 0 Å². The molecular formula is C19H17O8-. The Morgan fingerprint density at radius 2 is 1.33 bits per heavy atom. The van der Waals surface area contributed by atoms with Crippen LogP contribution in [0.5, 0.6) is 5.75 Å². The summed E-state index contributed by atoms with van der Waals surface area (Å²) < 4.78 is 9.91. The van der Waals surface area contributed by atoms with E-state index in [0.717, 1.165) is 0 Å². The number of aliphatic hydroxyl groups excluding tert-OH is 1. The van der Waals surface area contributed by atoms with E-state index in [-0.39, 0.29) is 42.1 Å². The standard InChI is InChI=1S/C19H18O8/c20-15-7-5-14(6-8-15)18(24)26-10-9-16(21)11-27-19(25)13-3-1-12(2-4-13)17(22)23/h1-8,16,20-21H,9-11H2,(H,22,23)/p-1. The van der Waals surface area contributed by atoms with E-state index in [9.17, 15) is 24.6 Å². The van der Waals surface area contributed by atoms with Gasteiger partial charge in [0.15, 0.2) is 0 Å². The van der Waals surface area contributed by atoms with Crippen molar-refractivity contribution in [3.63, 3.8) is 0 Å². The van der Waals surface area contributed by atoms with Crippen LogP contribution in [-0.4, -0.2) is 47.4 Å². The normalized spacial score (nSPS) is 11.4. The second-order valence-corrected chi connectivity index (χ2v) is 5.59. The van der Waals surface area contributed by atoms with Crippen LogP contribution in [0.4, 0.5) is 0 Å². The monoisotopic (exact) mass is 373 g/mol. The summed E-state index contributed by atoms with van der Waals surface area (Å²) in [5, 5.41) is 29.6. The smallest absolute Gasteiger partial charge is 0.338 e. The number of carbonyl (C=O) groups is 3. The van der Waals surface area contributed by atoms with Crippen molar-refractivity contribution in [3.8, 4) is 5.75 Å². The Morgan fingerprint density at radius 3 is 1.89 bits per heavy atom. The van der Waals surface area contributed by atoms with Crippen molar-refractivity contribution in [3.05, 3.63) is 65.2 Å². The SMILES string of the molecule is O=C([O-])c1ccc(C(=O)OCC(O)CCOC(=O)c2ccc(O)cc2)cc1. The maximum Gasteiger partial charge on any atom is 0.338 e. The van der Waals surface area contributed by atoms with Crippen molar-refractivity contribution < 1.29 is 39.2 Å². The molecular weight excluding hydrogens is 356 g/mol. The van der Waals surface area contributed by atoms with Crippen LogP contribution in [0.3, 0.4) is 0 Å². The molecule has 0 fully saturated rings. The third-order valence-corrected chi connectivity index (χ3v) is 3.55. The van der Waals surface area contributed by atoms with Gasteiger partial charge in [-0.1, -0.05) is 12.1 Å². The minimum absolute atomic E-state index is 0.0260. The molecule has 2 N–H and O–H groups in total. The first-order valence-corrected chi connectivity index (χ1v) is 7.99. The molecule has 0 aliphatic carbocycles. The molecule has 2 rings (SSSR count). The summed E-state index contributed by atoms with van der Waals surface area (Å²) in [5.74, 6) is -2.66. The highest BCUT2D eigenvalue weighted by Crippen LogP contribution is 2.11. The molecule has 142 valence electrons. The Morgan fingerprint density at radius 1 is 0.852 bits per heavy atom. The minimum atomic E-state index is -1.35. The summed E-state index contributed by atoms with van der Waals surface area (Å²) in [6.45, 7) is -0.392. The van der Waals surface area contributed by atoms with Gasteiger partial charge in [-0.2, -0.15) is 0 Å². The fourth-order valence-electron chi connectivity index (χ4n) is 2.05. The molecule has 2 aromatic rings. The van der Waals surface area contributed by atoms with Gasteiger partial charge in [-0.25, -0.2) is 9.59 Å². The number of carbonyl (C=O) groups excluding carboxylic acids is 3. The van der Waals surface area contributed by atoms with E-state index in [1.807, 2.05) is 0 Å². The number of aromatic carboxylic acids is 1. The van der Waals surface area contributed by atoms with Gasteiger partial charge in [0.25, 0.3) is 0 Å². The van der Waals surface area contributed by atoms with Crippen molar-refractivity contribution in [1.29, 1.82) is 0 Å². The molecule has 27 heavy (non-hydrogen) atoms. The second-order valence-electron chi connectivity index (χ2n) is 5.59. The highest BCUT2D eigenvalue weighted by atomic mass is 16.5. The van der Waals surface area contributed by atoms with Gasteiger partial charge >= 0.3 is 11.9 Å². The van der Waals surface area contributed by atoms with E-state index in [0.29, 0.717) is 0 Å². The van der Waals surface area contributed by atoms with Crippen molar-refractivity contribution in [2.45, 2.75) is 12.5 Å². The molecule has 0 saturated carbocycles. The summed E-state index contributed by atoms with van der Waals surface area (Å²) >= 11 is 0. The predicted octanol–water partition coefficient (Wildman–Crippen LogP) is 0.520. The molecule has 0 aliphatic rings. The lowest BCUT2D eigenvalue weighted by molar-refractivity contribution is -0.255. The Labute approximate surface area is 154 Å². The van der Waals surface area contributed by atoms with Crippen molar-refractivity contribution in [2.24, 2.45) is 0 Å². The molecule has 0 amide bonds. The number of benzene rings is 2. The number of phenols is 1. The van der Waals surface area contributed by atoms with Gasteiger partial charge in [0.1, 0.15) is 12.4 Å². The van der Waals surface area contributed by atoms with Gasteiger partial charge in [0.05, 0.1) is 29.8 Å². The third kappa shape index (κ3) is 6.12. The largest absolute Gasteiger partial charge is 0.545 e. The summed E-state index contributed by atoms with van der Waals surface area (Å²) in [6, 6.07) is 10.5. The quantitative estimate of drug-likeness (QED) is 0.640. The van der Waals surface area contributed by atoms with Gasteiger partial charge in [-0.3, -0.25) is 0 Å². The topological polar surface area (TPSA) is 133 Å². The predicted molar refractivity (Wildman–Crippen MR) is 90.1 cm³/mol. The maximum absolute atomic E-state index is 11.8. The fourth-order valence-corrected chi connectivity index (χ4v) is 2.05. The molecule has 1 unspecified atom stereocenters. The van der Waals surface area contributed by atoms with Gasteiger partial charge in [0, 0.05) is 6.42 Å². The Kier molecular flexibility index (Phi) is 6.90. The number of hydrogen-bond acceptors (Lipinski definition) is 8. The number of ether oxygens (including phenoxy) is 2. The third-order valence-electron chi connectivity index (χ3n) is 3.55. The lowest BCUT2D eigenvalue weighted by atomic mass is 10.1. The highest BCUT2D eigenvalue weighted by Gasteiger charge is 2.13. The van der Waals surface area contributed by atoms with Crippen LogP contribution >= 0.6 is 0 Å². The van der Waals surface area contributed by atoms with E-state index >= 15 is 0 Å². The summed E-state index contributed by atoms with van der Waals surface area (Å²) in [5.41, 5.74) is 0.321. The van der Waals surface area contributed by atoms with Crippen molar-refractivity contribution in [2.75, 3.05) is 13.2 Å². The lowest BCUT2D eigenvalue weighted by Gasteiger charge is -2.12. The molecule has 0 radical (unpaired) electrons. The van der Waals surface area contributed by atoms with Gasteiger partial charge < -0.3 is 29.6 Å². The number of rotatable bonds is 8. The molecule has 2 aromatic carbocycles. The van der Waals surface area contributed by atoms with Gasteiger partial charge in [0.2, 0.25) is 0 Å². The molecule has 0 saturated heterocycles. The van der Waals surface area contributed by atoms with Crippen LogP contribution < -0.4 is 5.11 Å². The number of aliphatic hydroxyl groups is 1. The molecule has 0 bridgehead atoms. The lowest BCUT2D eigenvalue weighted by Crippen LogP contribution is -2.23. The average molecular weight is 373 g/mol. The molecule has 0 aromatic heterocycles. The van der Waals surface area contributed by atoms with E-state index < -0.39 is 24.0 Å².